The van der Waals surface area contributed by atoms with Gasteiger partial charge in [-0.05, 0) is 31.4 Å². The number of likely N-dealkylation sites (tertiary alicyclic amines) is 1. The molecule has 1 aliphatic heterocycles. The van der Waals surface area contributed by atoms with Crippen molar-refractivity contribution >= 4 is 34.9 Å². The minimum atomic E-state index is -0.360. The summed E-state index contributed by atoms with van der Waals surface area (Å²) >= 11 is 11.9. The zero-order valence-corrected chi connectivity index (χ0v) is 12.1. The molecular weight excluding hydrogens is 287 g/mol. The summed E-state index contributed by atoms with van der Waals surface area (Å²) in [5, 5.41) is 4.14. The molecule has 1 saturated heterocycles. The number of halogens is 2. The van der Waals surface area contributed by atoms with Gasteiger partial charge in [0.25, 0.3) is 0 Å². The number of hydrogen-bond donors (Lipinski definition) is 2. The van der Waals surface area contributed by atoms with Crippen molar-refractivity contribution in [2.24, 2.45) is 5.73 Å². The molecule has 0 unspecified atom stereocenters. The lowest BCUT2D eigenvalue weighted by atomic mass is 10.0. The molecule has 0 radical (unpaired) electrons. The summed E-state index contributed by atoms with van der Waals surface area (Å²) in [6.45, 7) is 3.25. The van der Waals surface area contributed by atoms with Gasteiger partial charge in [0.2, 0.25) is 0 Å². The Hall–Kier alpha value is -1.20. The Morgan fingerprint density at radius 3 is 2.63 bits per heavy atom. The molecular formula is C12H16Cl2N4O. The maximum atomic E-state index is 11.0. The first-order valence-corrected chi connectivity index (χ1v) is 6.86. The van der Waals surface area contributed by atoms with Crippen LogP contribution in [0.4, 0.5) is 10.5 Å². The Labute approximate surface area is 122 Å². The number of nitrogens with one attached hydrogen (secondary N) is 1. The van der Waals surface area contributed by atoms with Crippen molar-refractivity contribution in [3.05, 3.63) is 21.9 Å². The largest absolute Gasteiger partial charge is 0.379 e. The minimum absolute atomic E-state index is 0.259. The molecule has 0 spiro atoms. The Kier molecular flexibility index (Phi) is 4.37. The Morgan fingerprint density at radius 2 is 2.11 bits per heavy atom. The summed E-state index contributed by atoms with van der Waals surface area (Å²) in [4.78, 5) is 16.7. The van der Waals surface area contributed by atoms with Crippen molar-refractivity contribution in [3.63, 3.8) is 0 Å². The van der Waals surface area contributed by atoms with Crippen molar-refractivity contribution in [2.75, 3.05) is 18.4 Å². The maximum Gasteiger partial charge on any atom is 0.314 e. The number of nitrogens with zero attached hydrogens (tertiary/aromatic N) is 2. The van der Waals surface area contributed by atoms with E-state index in [1.54, 1.807) is 11.0 Å². The Balaban J connectivity index is 2.02. The van der Waals surface area contributed by atoms with Gasteiger partial charge in [-0.25, -0.2) is 9.78 Å². The molecule has 5 nitrogen and oxygen atoms in total. The average molecular weight is 303 g/mol. The van der Waals surface area contributed by atoms with Gasteiger partial charge >= 0.3 is 6.03 Å². The van der Waals surface area contributed by atoms with Gasteiger partial charge in [0, 0.05) is 19.1 Å². The predicted octanol–water partition coefficient (Wildman–Crippen LogP) is 2.65. The fourth-order valence-electron chi connectivity index (χ4n) is 2.22. The summed E-state index contributed by atoms with van der Waals surface area (Å²) < 4.78 is 0. The molecule has 1 aliphatic rings. The molecule has 0 bridgehead atoms. The lowest BCUT2D eigenvalue weighted by Gasteiger charge is -2.32. The highest BCUT2D eigenvalue weighted by Crippen LogP contribution is 2.28. The maximum absolute atomic E-state index is 11.0. The van der Waals surface area contributed by atoms with Gasteiger partial charge in [-0.15, -0.1) is 0 Å². The van der Waals surface area contributed by atoms with Crippen LogP contribution in [-0.4, -0.2) is 35.0 Å². The number of piperidine rings is 1. The summed E-state index contributed by atoms with van der Waals surface area (Å²) in [5.74, 6) is 0. The number of hydrogen-bond acceptors (Lipinski definition) is 3. The van der Waals surface area contributed by atoms with Crippen molar-refractivity contribution in [1.82, 2.24) is 9.88 Å². The SMILES string of the molecule is Cc1cc(Cl)nc(Cl)c1NC1CCN(C(N)=O)CC1. The molecule has 0 atom stereocenters. The highest BCUT2D eigenvalue weighted by molar-refractivity contribution is 6.34. The van der Waals surface area contributed by atoms with E-state index in [9.17, 15) is 4.79 Å². The van der Waals surface area contributed by atoms with Crippen LogP contribution in [0.2, 0.25) is 10.3 Å². The number of anilines is 1. The predicted molar refractivity (Wildman–Crippen MR) is 76.8 cm³/mol. The number of aryl methyl sites for hydroxylation is 1. The van der Waals surface area contributed by atoms with Gasteiger partial charge in [0.1, 0.15) is 5.15 Å². The second kappa shape index (κ2) is 5.84. The molecule has 3 N–H and O–H groups in total. The Morgan fingerprint density at radius 1 is 1.47 bits per heavy atom. The van der Waals surface area contributed by atoms with E-state index in [1.165, 1.54) is 0 Å². The van der Waals surface area contributed by atoms with Gasteiger partial charge in [0.15, 0.2) is 5.15 Å². The zero-order valence-electron chi connectivity index (χ0n) is 10.6. The summed E-state index contributed by atoms with van der Waals surface area (Å²) in [6, 6.07) is 1.67. The van der Waals surface area contributed by atoms with Crippen LogP contribution in [0.25, 0.3) is 0 Å². The topological polar surface area (TPSA) is 71.2 Å². The number of aromatic nitrogens is 1. The highest BCUT2D eigenvalue weighted by Gasteiger charge is 2.22. The van der Waals surface area contributed by atoms with E-state index in [1.807, 2.05) is 6.92 Å². The van der Waals surface area contributed by atoms with Crippen LogP contribution < -0.4 is 11.1 Å². The van der Waals surface area contributed by atoms with Crippen LogP contribution in [0.5, 0.6) is 0 Å². The van der Waals surface area contributed by atoms with Gasteiger partial charge in [-0.3, -0.25) is 0 Å². The number of urea groups is 1. The quantitative estimate of drug-likeness (QED) is 0.825. The van der Waals surface area contributed by atoms with Crippen LogP contribution in [-0.2, 0) is 0 Å². The normalized spacial score (nSPS) is 16.5. The summed E-state index contributed by atoms with van der Waals surface area (Å²) in [6.07, 6.45) is 1.67. The summed E-state index contributed by atoms with van der Waals surface area (Å²) in [7, 11) is 0. The molecule has 2 heterocycles. The number of pyridine rings is 1. The molecule has 1 fully saturated rings. The average Bonchev–Trinajstić information content (AvgIpc) is 2.34. The van der Waals surface area contributed by atoms with E-state index in [4.69, 9.17) is 28.9 Å². The molecule has 0 aromatic carbocycles. The lowest BCUT2D eigenvalue weighted by molar-refractivity contribution is 0.193. The van der Waals surface area contributed by atoms with E-state index in [2.05, 4.69) is 10.3 Å². The van der Waals surface area contributed by atoms with Crippen molar-refractivity contribution in [2.45, 2.75) is 25.8 Å². The first-order valence-electron chi connectivity index (χ1n) is 6.11. The van der Waals surface area contributed by atoms with Crippen molar-refractivity contribution in [3.8, 4) is 0 Å². The van der Waals surface area contributed by atoms with Gasteiger partial charge in [0.05, 0.1) is 5.69 Å². The number of amides is 2. The smallest absolute Gasteiger partial charge is 0.314 e. The third-order valence-corrected chi connectivity index (χ3v) is 3.76. The van der Waals surface area contributed by atoms with Gasteiger partial charge < -0.3 is 16.0 Å². The number of rotatable bonds is 2. The van der Waals surface area contributed by atoms with Gasteiger partial charge in [-0.2, -0.15) is 0 Å². The standard InChI is InChI=1S/C12H16Cl2N4O/c1-7-6-9(13)17-11(14)10(7)16-8-2-4-18(5-3-8)12(15)19/h6,8,16H,2-5H2,1H3,(H2,15,19). The molecule has 0 saturated carbocycles. The molecule has 1 aromatic rings. The zero-order chi connectivity index (χ0) is 14.0. The molecule has 104 valence electrons. The number of carbonyl (C=O) groups excluding carboxylic acids is 1. The van der Waals surface area contributed by atoms with E-state index in [0.717, 1.165) is 24.1 Å². The van der Waals surface area contributed by atoms with Crippen LogP contribution in [0, 0.1) is 6.92 Å². The molecule has 7 heteroatoms. The molecule has 19 heavy (non-hydrogen) atoms. The van der Waals surface area contributed by atoms with E-state index < -0.39 is 0 Å². The molecule has 0 aliphatic carbocycles. The Bertz CT molecular complexity index is 464. The van der Waals surface area contributed by atoms with Crippen molar-refractivity contribution < 1.29 is 4.79 Å². The van der Waals surface area contributed by atoms with Crippen LogP contribution >= 0.6 is 23.2 Å². The molecule has 2 rings (SSSR count). The van der Waals surface area contributed by atoms with Crippen LogP contribution in [0.1, 0.15) is 18.4 Å². The number of primary amides is 1. The monoisotopic (exact) mass is 302 g/mol. The summed E-state index contributed by atoms with van der Waals surface area (Å²) in [5.41, 5.74) is 7.02. The minimum Gasteiger partial charge on any atom is -0.379 e. The lowest BCUT2D eigenvalue weighted by Crippen LogP contribution is -2.44. The second-order valence-electron chi connectivity index (χ2n) is 4.67. The van der Waals surface area contributed by atoms with Gasteiger partial charge in [-0.1, -0.05) is 23.2 Å². The van der Waals surface area contributed by atoms with E-state index >= 15 is 0 Å². The van der Waals surface area contributed by atoms with Crippen molar-refractivity contribution in [1.29, 1.82) is 0 Å². The third-order valence-electron chi connectivity index (χ3n) is 3.30. The van der Waals surface area contributed by atoms with E-state index in [0.29, 0.717) is 23.4 Å². The number of nitrogens with two attached hydrogens (primary N) is 1. The van der Waals surface area contributed by atoms with Crippen LogP contribution in [0.3, 0.4) is 0 Å². The third kappa shape index (κ3) is 3.42. The van der Waals surface area contributed by atoms with E-state index in [-0.39, 0.29) is 12.1 Å². The molecule has 1 aromatic heterocycles. The first kappa shape index (κ1) is 14.2. The fraction of sp³-hybridized carbons (Fsp3) is 0.500. The van der Waals surface area contributed by atoms with Crippen LogP contribution in [0.15, 0.2) is 6.07 Å². The highest BCUT2D eigenvalue weighted by atomic mass is 35.5. The second-order valence-corrected chi connectivity index (χ2v) is 5.42. The molecule has 2 amide bonds. The first-order chi connectivity index (χ1) is 8.97. The number of carbonyl (C=O) groups is 1. The fourth-order valence-corrected chi connectivity index (χ4v) is 2.80.